The predicted molar refractivity (Wildman–Crippen MR) is 36.0 cm³/mol. The predicted octanol–water partition coefficient (Wildman–Crippen LogP) is -0.159. The van der Waals surface area contributed by atoms with Crippen molar-refractivity contribution in [1.29, 1.82) is 0 Å². The topological polar surface area (TPSA) is 24.5 Å². The van der Waals surface area contributed by atoms with E-state index in [0.717, 1.165) is 6.54 Å². The third kappa shape index (κ3) is 1.93. The van der Waals surface area contributed by atoms with Crippen LogP contribution in [0.2, 0.25) is 0 Å². The van der Waals surface area contributed by atoms with E-state index in [1.807, 2.05) is 0 Å². The number of rotatable bonds is 2. The summed E-state index contributed by atoms with van der Waals surface area (Å²) in [4.78, 5) is 7.09. The zero-order valence-corrected chi connectivity index (χ0v) is 6.05. The maximum atomic E-state index is 4.80. The molecule has 3 nitrogen and oxygen atoms in total. The smallest absolute Gasteiger partial charge is 0.0572 e. The Hall–Kier alpha value is -0.120. The number of nitrogens with zero attached hydrogens (tertiary/aromatic N) is 1. The van der Waals surface area contributed by atoms with Gasteiger partial charge in [0, 0.05) is 12.6 Å². The molecule has 1 saturated heterocycles. The van der Waals surface area contributed by atoms with E-state index in [2.05, 4.69) is 17.4 Å². The second kappa shape index (κ2) is 3.15. The van der Waals surface area contributed by atoms with E-state index in [-0.39, 0.29) is 0 Å². The lowest BCUT2D eigenvalue weighted by molar-refractivity contribution is 0.0638. The summed E-state index contributed by atoms with van der Waals surface area (Å²) in [5, 5.41) is 0. The van der Waals surface area contributed by atoms with Crippen molar-refractivity contribution in [1.82, 2.24) is 10.4 Å². The largest absolute Gasteiger partial charge is 0.305 e. The zero-order valence-electron chi connectivity index (χ0n) is 6.05. The average molecular weight is 130 g/mol. The van der Waals surface area contributed by atoms with Crippen molar-refractivity contribution in [2.75, 3.05) is 27.2 Å². The molecule has 0 aromatic heterocycles. The van der Waals surface area contributed by atoms with Gasteiger partial charge in [-0.05, 0) is 20.0 Å². The van der Waals surface area contributed by atoms with E-state index in [1.54, 1.807) is 7.11 Å². The summed E-state index contributed by atoms with van der Waals surface area (Å²) in [5.41, 5.74) is 2.93. The highest BCUT2D eigenvalue weighted by Gasteiger charge is 2.18. The van der Waals surface area contributed by atoms with Crippen molar-refractivity contribution in [3.8, 4) is 0 Å². The molecule has 0 radical (unpaired) electrons. The Kier molecular flexibility index (Phi) is 2.45. The van der Waals surface area contributed by atoms with Gasteiger partial charge in [-0.15, -0.1) is 0 Å². The molecular formula is C6H14N2O. The second-order valence-corrected chi connectivity index (χ2v) is 2.57. The number of hydroxylamine groups is 1. The van der Waals surface area contributed by atoms with Gasteiger partial charge in [0.05, 0.1) is 7.11 Å². The monoisotopic (exact) mass is 130 g/mol. The molecular weight excluding hydrogens is 116 g/mol. The number of likely N-dealkylation sites (N-methyl/N-ethyl adjacent to an activating group) is 1. The summed E-state index contributed by atoms with van der Waals surface area (Å²) in [7, 11) is 3.79. The first kappa shape index (κ1) is 6.99. The van der Waals surface area contributed by atoms with Gasteiger partial charge in [0.25, 0.3) is 0 Å². The zero-order chi connectivity index (χ0) is 6.69. The molecule has 0 amide bonds. The van der Waals surface area contributed by atoms with E-state index in [1.165, 1.54) is 13.0 Å². The van der Waals surface area contributed by atoms with Crippen LogP contribution in [-0.2, 0) is 4.84 Å². The van der Waals surface area contributed by atoms with Crippen LogP contribution in [0.3, 0.4) is 0 Å². The van der Waals surface area contributed by atoms with Gasteiger partial charge in [-0.25, -0.2) is 0 Å². The van der Waals surface area contributed by atoms with Crippen LogP contribution in [0.4, 0.5) is 0 Å². The maximum Gasteiger partial charge on any atom is 0.0572 e. The fraction of sp³-hybridized carbons (Fsp3) is 1.00. The van der Waals surface area contributed by atoms with Crippen molar-refractivity contribution in [2.24, 2.45) is 0 Å². The molecule has 54 valence electrons. The van der Waals surface area contributed by atoms with Gasteiger partial charge in [-0.3, -0.25) is 0 Å². The lowest BCUT2D eigenvalue weighted by atomic mass is 10.3. The quantitative estimate of drug-likeness (QED) is 0.526. The summed E-state index contributed by atoms with van der Waals surface area (Å²) < 4.78 is 0. The fourth-order valence-corrected chi connectivity index (χ4v) is 1.20. The third-order valence-corrected chi connectivity index (χ3v) is 1.68. The molecule has 0 spiro atoms. The molecule has 1 unspecified atom stereocenters. The SMILES string of the molecule is CONC1CCN(C)C1. The molecule has 9 heavy (non-hydrogen) atoms. The third-order valence-electron chi connectivity index (χ3n) is 1.68. The van der Waals surface area contributed by atoms with Crippen LogP contribution in [0.25, 0.3) is 0 Å². The highest BCUT2D eigenvalue weighted by Crippen LogP contribution is 2.04. The first-order chi connectivity index (χ1) is 4.33. The van der Waals surface area contributed by atoms with E-state index in [4.69, 9.17) is 4.84 Å². The van der Waals surface area contributed by atoms with Crippen LogP contribution in [0.15, 0.2) is 0 Å². The van der Waals surface area contributed by atoms with Gasteiger partial charge >= 0.3 is 0 Å². The Morgan fingerprint density at radius 1 is 1.67 bits per heavy atom. The van der Waals surface area contributed by atoms with Crippen LogP contribution in [0.5, 0.6) is 0 Å². The van der Waals surface area contributed by atoms with Gasteiger partial charge in [0.1, 0.15) is 0 Å². The Morgan fingerprint density at radius 2 is 2.44 bits per heavy atom. The Balaban J connectivity index is 2.14. The number of hydrogen-bond acceptors (Lipinski definition) is 3. The molecule has 1 rings (SSSR count). The maximum absolute atomic E-state index is 4.80. The van der Waals surface area contributed by atoms with Gasteiger partial charge in [-0.2, -0.15) is 5.48 Å². The lowest BCUT2D eigenvalue weighted by Crippen LogP contribution is -2.30. The molecule has 1 heterocycles. The van der Waals surface area contributed by atoms with Gasteiger partial charge < -0.3 is 9.74 Å². The molecule has 0 saturated carbocycles. The van der Waals surface area contributed by atoms with Crippen molar-refractivity contribution < 1.29 is 4.84 Å². The van der Waals surface area contributed by atoms with Gasteiger partial charge in [0.15, 0.2) is 0 Å². The standard InChI is InChI=1S/C6H14N2O/c1-8-4-3-6(5-8)7-9-2/h6-7H,3-5H2,1-2H3. The molecule has 3 heteroatoms. The number of nitrogens with one attached hydrogen (secondary N) is 1. The first-order valence-corrected chi connectivity index (χ1v) is 3.30. The van der Waals surface area contributed by atoms with E-state index < -0.39 is 0 Å². The summed E-state index contributed by atoms with van der Waals surface area (Å²) in [6.45, 7) is 2.29. The minimum atomic E-state index is 0.542. The normalized spacial score (nSPS) is 29.3. The molecule has 0 aromatic rings. The molecule has 0 aliphatic carbocycles. The minimum absolute atomic E-state index is 0.542. The lowest BCUT2D eigenvalue weighted by Gasteiger charge is -2.09. The average Bonchev–Trinajstić information content (AvgIpc) is 2.17. The highest BCUT2D eigenvalue weighted by atomic mass is 16.6. The van der Waals surface area contributed by atoms with Gasteiger partial charge in [-0.1, -0.05) is 0 Å². The van der Waals surface area contributed by atoms with Crippen molar-refractivity contribution in [3.63, 3.8) is 0 Å². The van der Waals surface area contributed by atoms with E-state index in [9.17, 15) is 0 Å². The van der Waals surface area contributed by atoms with Gasteiger partial charge in [0.2, 0.25) is 0 Å². The van der Waals surface area contributed by atoms with Crippen LogP contribution >= 0.6 is 0 Å². The van der Waals surface area contributed by atoms with Crippen LogP contribution < -0.4 is 5.48 Å². The summed E-state index contributed by atoms with van der Waals surface area (Å²) in [5.74, 6) is 0. The number of hydrogen-bond donors (Lipinski definition) is 1. The number of likely N-dealkylation sites (tertiary alicyclic amines) is 1. The Labute approximate surface area is 55.9 Å². The molecule has 0 aromatic carbocycles. The molecule has 1 fully saturated rings. The van der Waals surface area contributed by atoms with E-state index in [0.29, 0.717) is 6.04 Å². The summed E-state index contributed by atoms with van der Waals surface area (Å²) >= 11 is 0. The minimum Gasteiger partial charge on any atom is -0.305 e. The second-order valence-electron chi connectivity index (χ2n) is 2.57. The van der Waals surface area contributed by atoms with Crippen molar-refractivity contribution in [2.45, 2.75) is 12.5 Å². The Bertz CT molecular complexity index is 85.1. The van der Waals surface area contributed by atoms with Crippen LogP contribution in [0, 0.1) is 0 Å². The molecule has 1 N–H and O–H groups in total. The summed E-state index contributed by atoms with van der Waals surface area (Å²) in [6.07, 6.45) is 1.20. The summed E-state index contributed by atoms with van der Waals surface area (Å²) in [6, 6.07) is 0.542. The fourth-order valence-electron chi connectivity index (χ4n) is 1.20. The van der Waals surface area contributed by atoms with Crippen LogP contribution in [-0.4, -0.2) is 38.2 Å². The van der Waals surface area contributed by atoms with Crippen LogP contribution in [0.1, 0.15) is 6.42 Å². The molecule has 1 aliphatic rings. The van der Waals surface area contributed by atoms with E-state index >= 15 is 0 Å². The molecule has 1 aliphatic heterocycles. The molecule has 0 bridgehead atoms. The molecule has 1 atom stereocenters. The van der Waals surface area contributed by atoms with Crippen molar-refractivity contribution >= 4 is 0 Å². The highest BCUT2D eigenvalue weighted by molar-refractivity contribution is 4.75. The van der Waals surface area contributed by atoms with Crippen molar-refractivity contribution in [3.05, 3.63) is 0 Å². The Morgan fingerprint density at radius 3 is 2.89 bits per heavy atom. The first-order valence-electron chi connectivity index (χ1n) is 3.30.